The predicted molar refractivity (Wildman–Crippen MR) is 163 cm³/mol. The van der Waals surface area contributed by atoms with Gasteiger partial charge >= 0.3 is 0 Å². The summed E-state index contributed by atoms with van der Waals surface area (Å²) in [5.74, 6) is 0. The Kier molecular flexibility index (Phi) is 4.08. The van der Waals surface area contributed by atoms with E-state index in [2.05, 4.69) is 131 Å². The summed E-state index contributed by atoms with van der Waals surface area (Å²) in [4.78, 5) is 4.61. The van der Waals surface area contributed by atoms with Gasteiger partial charge in [0.05, 0.1) is 16.6 Å². The van der Waals surface area contributed by atoms with Crippen molar-refractivity contribution in [1.29, 1.82) is 0 Å². The second-order valence-electron chi connectivity index (χ2n) is 10.4. The van der Waals surface area contributed by atoms with Crippen molar-refractivity contribution in [2.45, 2.75) is 0 Å². The number of para-hydroxylation sites is 1. The van der Waals surface area contributed by atoms with Gasteiger partial charge in [0, 0.05) is 28.0 Å². The molecule has 0 N–H and O–H groups in total. The van der Waals surface area contributed by atoms with Gasteiger partial charge in [-0.25, -0.2) is 0 Å². The number of fused-ring (bicyclic) bond motifs is 8. The van der Waals surface area contributed by atoms with Crippen LogP contribution in [-0.4, -0.2) is 9.55 Å². The summed E-state index contributed by atoms with van der Waals surface area (Å²) in [6.07, 6.45) is 1.87. The Balaban J connectivity index is 1.24. The molecule has 0 amide bonds. The fraction of sp³-hybridized carbons (Fsp3) is 0. The van der Waals surface area contributed by atoms with Gasteiger partial charge in [0.15, 0.2) is 0 Å². The lowest BCUT2D eigenvalue weighted by atomic mass is 9.94. The van der Waals surface area contributed by atoms with E-state index in [-0.39, 0.29) is 0 Å². The van der Waals surface area contributed by atoms with Gasteiger partial charge in [0.25, 0.3) is 0 Å². The Morgan fingerprint density at radius 1 is 0.410 bits per heavy atom. The van der Waals surface area contributed by atoms with Crippen LogP contribution in [0.1, 0.15) is 0 Å². The number of benzene rings is 6. The number of pyridine rings is 1. The van der Waals surface area contributed by atoms with Crippen LogP contribution in [0, 0.1) is 0 Å². The van der Waals surface area contributed by atoms with Gasteiger partial charge in [-0.05, 0) is 80.6 Å². The largest absolute Gasteiger partial charge is 0.309 e. The van der Waals surface area contributed by atoms with Gasteiger partial charge in [-0.2, -0.15) is 0 Å². The van der Waals surface area contributed by atoms with Crippen molar-refractivity contribution in [3.05, 3.63) is 134 Å². The molecule has 0 radical (unpaired) electrons. The van der Waals surface area contributed by atoms with Crippen molar-refractivity contribution in [3.8, 4) is 39.1 Å². The summed E-state index contributed by atoms with van der Waals surface area (Å²) in [7, 11) is 0. The number of hydrogen-bond acceptors (Lipinski definition) is 1. The Bertz CT molecular complexity index is 2240. The number of hydrogen-bond donors (Lipinski definition) is 0. The highest BCUT2D eigenvalue weighted by molar-refractivity contribution is 6.21. The summed E-state index contributed by atoms with van der Waals surface area (Å²) >= 11 is 0. The molecule has 0 saturated carbocycles. The number of rotatable bonds is 2. The Labute approximate surface area is 225 Å². The maximum atomic E-state index is 4.61. The summed E-state index contributed by atoms with van der Waals surface area (Å²) in [5, 5.41) is 6.37. The van der Waals surface area contributed by atoms with Crippen LogP contribution in [0.2, 0.25) is 0 Å². The molecule has 8 aromatic rings. The van der Waals surface area contributed by atoms with Gasteiger partial charge in [0.1, 0.15) is 0 Å². The average molecular weight is 495 g/mol. The van der Waals surface area contributed by atoms with Gasteiger partial charge in [0.2, 0.25) is 0 Å². The standard InChI is InChI=1S/C37H22N2/c1-2-8-27-26(7-1)29-11-5-10-28-25(18-19-30(27)36(28)29)23-14-16-24(17-15-23)39-34-13-4-3-9-32(34)37-31-12-6-22-38-33(31)20-21-35(37)39/h1-22H. The molecule has 2 nitrogen and oxygen atoms in total. The minimum Gasteiger partial charge on any atom is -0.309 e. The molecular formula is C37H22N2. The van der Waals surface area contributed by atoms with Crippen LogP contribution in [-0.2, 0) is 0 Å². The van der Waals surface area contributed by atoms with E-state index in [1.807, 2.05) is 12.3 Å². The SMILES string of the molecule is c1ccc2c(c1)-c1cccc3c(-c4ccc(-n5c6ccccc6c6c7cccnc7ccc65)cc4)ccc-2c13. The first-order valence-electron chi connectivity index (χ1n) is 13.4. The molecule has 0 spiro atoms. The first-order chi connectivity index (χ1) is 19.4. The molecule has 0 atom stereocenters. The highest BCUT2D eigenvalue weighted by Gasteiger charge is 2.22. The van der Waals surface area contributed by atoms with Crippen LogP contribution in [0.5, 0.6) is 0 Å². The van der Waals surface area contributed by atoms with Crippen LogP contribution in [0.3, 0.4) is 0 Å². The van der Waals surface area contributed by atoms with Gasteiger partial charge in [-0.3, -0.25) is 4.98 Å². The minimum absolute atomic E-state index is 1.03. The predicted octanol–water partition coefficient (Wildman–Crippen LogP) is 9.80. The molecule has 0 unspecified atom stereocenters. The Morgan fingerprint density at radius 2 is 1.10 bits per heavy atom. The van der Waals surface area contributed by atoms with Crippen LogP contribution < -0.4 is 0 Å². The molecule has 180 valence electrons. The van der Waals surface area contributed by atoms with E-state index in [0.29, 0.717) is 0 Å². The van der Waals surface area contributed by atoms with Crippen LogP contribution in [0.15, 0.2) is 134 Å². The van der Waals surface area contributed by atoms with E-state index in [9.17, 15) is 0 Å². The summed E-state index contributed by atoms with van der Waals surface area (Å²) in [5.41, 5.74) is 12.4. The summed E-state index contributed by atoms with van der Waals surface area (Å²) < 4.78 is 2.38. The summed E-state index contributed by atoms with van der Waals surface area (Å²) in [6.45, 7) is 0. The van der Waals surface area contributed by atoms with Crippen molar-refractivity contribution in [1.82, 2.24) is 9.55 Å². The second-order valence-corrected chi connectivity index (χ2v) is 10.4. The first-order valence-corrected chi connectivity index (χ1v) is 13.4. The monoisotopic (exact) mass is 494 g/mol. The topological polar surface area (TPSA) is 17.8 Å². The highest BCUT2D eigenvalue weighted by atomic mass is 15.0. The minimum atomic E-state index is 1.03. The number of nitrogens with zero attached hydrogens (tertiary/aromatic N) is 2. The van der Waals surface area contributed by atoms with Crippen molar-refractivity contribution in [2.75, 3.05) is 0 Å². The molecule has 39 heavy (non-hydrogen) atoms. The molecule has 0 fully saturated rings. The van der Waals surface area contributed by atoms with E-state index in [1.54, 1.807) is 0 Å². The summed E-state index contributed by atoms with van der Waals surface area (Å²) in [6, 6.07) is 46.3. The smallest absolute Gasteiger partial charge is 0.0709 e. The van der Waals surface area contributed by atoms with Crippen molar-refractivity contribution < 1.29 is 0 Å². The zero-order valence-electron chi connectivity index (χ0n) is 21.1. The van der Waals surface area contributed by atoms with Gasteiger partial charge < -0.3 is 4.57 Å². The Morgan fingerprint density at radius 3 is 1.97 bits per heavy atom. The molecule has 0 bridgehead atoms. The molecule has 2 heteroatoms. The number of aromatic nitrogens is 2. The molecule has 2 heterocycles. The molecule has 0 saturated heterocycles. The third-order valence-electron chi connectivity index (χ3n) is 8.40. The van der Waals surface area contributed by atoms with Crippen molar-refractivity contribution >= 4 is 43.5 Å². The van der Waals surface area contributed by atoms with E-state index < -0.39 is 0 Å². The van der Waals surface area contributed by atoms with Crippen molar-refractivity contribution in [2.24, 2.45) is 0 Å². The van der Waals surface area contributed by atoms with E-state index in [1.165, 1.54) is 71.3 Å². The maximum absolute atomic E-state index is 4.61. The normalized spacial score (nSPS) is 12.1. The van der Waals surface area contributed by atoms with Crippen LogP contribution >= 0.6 is 0 Å². The lowest BCUT2D eigenvalue weighted by Crippen LogP contribution is -1.94. The molecule has 2 aromatic heterocycles. The Hall–Kier alpha value is -5.21. The lowest BCUT2D eigenvalue weighted by molar-refractivity contribution is 1.18. The molecule has 1 aliphatic rings. The zero-order valence-corrected chi connectivity index (χ0v) is 21.1. The van der Waals surface area contributed by atoms with E-state index >= 15 is 0 Å². The van der Waals surface area contributed by atoms with Crippen LogP contribution in [0.25, 0.3) is 82.5 Å². The molecule has 6 aromatic carbocycles. The van der Waals surface area contributed by atoms with Crippen LogP contribution in [0.4, 0.5) is 0 Å². The molecule has 0 aliphatic heterocycles. The fourth-order valence-corrected chi connectivity index (χ4v) is 6.75. The zero-order chi connectivity index (χ0) is 25.5. The lowest BCUT2D eigenvalue weighted by Gasteiger charge is -2.12. The second kappa shape index (κ2) is 7.66. The average Bonchev–Trinajstić information content (AvgIpc) is 3.52. The van der Waals surface area contributed by atoms with Gasteiger partial charge in [-0.15, -0.1) is 0 Å². The first kappa shape index (κ1) is 20.8. The van der Waals surface area contributed by atoms with Crippen molar-refractivity contribution in [3.63, 3.8) is 0 Å². The fourth-order valence-electron chi connectivity index (χ4n) is 6.75. The molecule has 9 rings (SSSR count). The molecular weight excluding hydrogens is 472 g/mol. The van der Waals surface area contributed by atoms with Gasteiger partial charge in [-0.1, -0.05) is 91.0 Å². The maximum Gasteiger partial charge on any atom is 0.0709 e. The van der Waals surface area contributed by atoms with E-state index in [4.69, 9.17) is 0 Å². The quantitative estimate of drug-likeness (QED) is 0.234. The van der Waals surface area contributed by atoms with E-state index in [0.717, 1.165) is 11.2 Å². The third kappa shape index (κ3) is 2.78. The third-order valence-corrected chi connectivity index (χ3v) is 8.40. The molecule has 1 aliphatic carbocycles. The highest BCUT2D eigenvalue weighted by Crippen LogP contribution is 2.49.